The topological polar surface area (TPSA) is 23.6 Å². The number of amides is 1. The summed E-state index contributed by atoms with van der Waals surface area (Å²) in [7, 11) is 0. The first kappa shape index (κ1) is 14.8. The van der Waals surface area contributed by atoms with Crippen LogP contribution in [0.1, 0.15) is 59.3 Å². The van der Waals surface area contributed by atoms with Gasteiger partial charge in [-0.15, -0.1) is 0 Å². The Bertz CT molecular complexity index is 294. The second-order valence-corrected chi connectivity index (χ2v) is 7.25. The van der Waals surface area contributed by atoms with Gasteiger partial charge in [0.1, 0.15) is 0 Å². The lowest BCUT2D eigenvalue weighted by molar-refractivity contribution is -0.135. The molecule has 1 heterocycles. The van der Waals surface area contributed by atoms with Gasteiger partial charge in [-0.2, -0.15) is 0 Å². The van der Waals surface area contributed by atoms with Gasteiger partial charge in [-0.1, -0.05) is 19.3 Å². The Morgan fingerprint density at radius 2 is 1.58 bits per heavy atom. The molecule has 3 heteroatoms. The molecule has 0 bridgehead atoms. The van der Waals surface area contributed by atoms with Crippen LogP contribution in [-0.2, 0) is 4.79 Å². The van der Waals surface area contributed by atoms with Gasteiger partial charge in [0.15, 0.2) is 0 Å². The standard InChI is InChI=1S/C16H30N2O/c1-16(2,3)18-11-9-17(10-12-18)15(19)13-14-7-5-4-6-8-14/h14H,4-13H2,1-3H3. The number of nitrogens with zero attached hydrogens (tertiary/aromatic N) is 2. The van der Waals surface area contributed by atoms with Gasteiger partial charge >= 0.3 is 0 Å². The number of carbonyl (C=O) groups excluding carboxylic acids is 1. The molecular weight excluding hydrogens is 236 g/mol. The predicted octanol–water partition coefficient (Wildman–Crippen LogP) is 2.90. The van der Waals surface area contributed by atoms with E-state index >= 15 is 0 Å². The first-order valence-corrected chi connectivity index (χ1v) is 7.99. The van der Waals surface area contributed by atoms with Crippen LogP contribution in [0.2, 0.25) is 0 Å². The molecule has 1 aliphatic carbocycles. The Kier molecular flexibility index (Phi) is 4.88. The minimum atomic E-state index is 0.235. The van der Waals surface area contributed by atoms with Crippen molar-refractivity contribution < 1.29 is 4.79 Å². The predicted molar refractivity (Wildman–Crippen MR) is 79.1 cm³/mol. The van der Waals surface area contributed by atoms with E-state index in [0.717, 1.165) is 32.6 Å². The van der Waals surface area contributed by atoms with Gasteiger partial charge < -0.3 is 4.90 Å². The van der Waals surface area contributed by atoms with Crippen molar-refractivity contribution in [1.82, 2.24) is 9.80 Å². The van der Waals surface area contributed by atoms with Crippen LogP contribution in [0, 0.1) is 5.92 Å². The number of rotatable bonds is 2. The van der Waals surface area contributed by atoms with Crippen molar-refractivity contribution >= 4 is 5.91 Å². The number of piperazine rings is 1. The fraction of sp³-hybridized carbons (Fsp3) is 0.938. The Hall–Kier alpha value is -0.570. The van der Waals surface area contributed by atoms with Crippen LogP contribution in [0.15, 0.2) is 0 Å². The SMILES string of the molecule is CC(C)(C)N1CCN(C(=O)CC2CCCCC2)CC1. The van der Waals surface area contributed by atoms with Crippen LogP contribution in [0.3, 0.4) is 0 Å². The summed E-state index contributed by atoms with van der Waals surface area (Å²) < 4.78 is 0. The van der Waals surface area contributed by atoms with Crippen LogP contribution < -0.4 is 0 Å². The van der Waals surface area contributed by atoms with Crippen molar-refractivity contribution in [3.05, 3.63) is 0 Å². The first-order chi connectivity index (χ1) is 8.97. The zero-order valence-electron chi connectivity index (χ0n) is 13.0. The molecule has 0 aromatic rings. The average Bonchev–Trinajstić information content (AvgIpc) is 2.39. The van der Waals surface area contributed by atoms with Crippen LogP contribution in [-0.4, -0.2) is 47.4 Å². The molecule has 3 nitrogen and oxygen atoms in total. The summed E-state index contributed by atoms with van der Waals surface area (Å²) in [5, 5.41) is 0. The highest BCUT2D eigenvalue weighted by Gasteiger charge is 2.28. The third kappa shape index (κ3) is 4.20. The van der Waals surface area contributed by atoms with Gasteiger partial charge in [0, 0.05) is 38.1 Å². The van der Waals surface area contributed by atoms with Gasteiger partial charge in [0.2, 0.25) is 5.91 Å². The van der Waals surface area contributed by atoms with Gasteiger partial charge in [-0.05, 0) is 39.5 Å². The quantitative estimate of drug-likeness (QED) is 0.767. The molecule has 2 aliphatic rings. The summed E-state index contributed by atoms with van der Waals surface area (Å²) >= 11 is 0. The summed E-state index contributed by atoms with van der Waals surface area (Å²) in [6, 6.07) is 0. The van der Waals surface area contributed by atoms with Crippen LogP contribution in [0.5, 0.6) is 0 Å². The maximum Gasteiger partial charge on any atom is 0.222 e. The van der Waals surface area contributed by atoms with Crippen molar-refractivity contribution in [1.29, 1.82) is 0 Å². The zero-order valence-corrected chi connectivity index (χ0v) is 13.0. The Labute approximate surface area is 118 Å². The third-order valence-corrected chi connectivity index (χ3v) is 4.77. The number of carbonyl (C=O) groups is 1. The molecule has 2 rings (SSSR count). The first-order valence-electron chi connectivity index (χ1n) is 7.99. The minimum absolute atomic E-state index is 0.235. The summed E-state index contributed by atoms with van der Waals surface area (Å²) in [6.07, 6.45) is 7.37. The van der Waals surface area contributed by atoms with E-state index in [1.165, 1.54) is 32.1 Å². The van der Waals surface area contributed by atoms with Gasteiger partial charge in [-0.3, -0.25) is 9.69 Å². The molecule has 0 aromatic carbocycles. The molecule has 0 spiro atoms. The summed E-state index contributed by atoms with van der Waals surface area (Å²) in [5.41, 5.74) is 0.235. The van der Waals surface area contributed by atoms with E-state index in [2.05, 4.69) is 30.6 Å². The van der Waals surface area contributed by atoms with Crippen molar-refractivity contribution in [3.8, 4) is 0 Å². The highest BCUT2D eigenvalue weighted by Crippen LogP contribution is 2.27. The van der Waals surface area contributed by atoms with Crippen LogP contribution >= 0.6 is 0 Å². The highest BCUT2D eigenvalue weighted by molar-refractivity contribution is 5.76. The maximum atomic E-state index is 12.3. The normalized spacial score (nSPS) is 23.6. The average molecular weight is 266 g/mol. The maximum absolute atomic E-state index is 12.3. The minimum Gasteiger partial charge on any atom is -0.340 e. The zero-order chi connectivity index (χ0) is 13.9. The van der Waals surface area contributed by atoms with Crippen molar-refractivity contribution in [2.75, 3.05) is 26.2 Å². The molecule has 0 N–H and O–H groups in total. The monoisotopic (exact) mass is 266 g/mol. The molecule has 1 saturated heterocycles. The molecule has 0 radical (unpaired) electrons. The van der Waals surface area contributed by atoms with Crippen LogP contribution in [0.4, 0.5) is 0 Å². The van der Waals surface area contributed by atoms with Crippen LogP contribution in [0.25, 0.3) is 0 Å². The molecule has 0 unspecified atom stereocenters. The lowest BCUT2D eigenvalue weighted by atomic mass is 9.86. The van der Waals surface area contributed by atoms with Gasteiger partial charge in [0.05, 0.1) is 0 Å². The largest absolute Gasteiger partial charge is 0.340 e. The summed E-state index contributed by atoms with van der Waals surface area (Å²) in [4.78, 5) is 16.9. The molecule has 110 valence electrons. The van der Waals surface area contributed by atoms with Crippen molar-refractivity contribution in [2.24, 2.45) is 5.92 Å². The molecule has 19 heavy (non-hydrogen) atoms. The van der Waals surface area contributed by atoms with E-state index < -0.39 is 0 Å². The molecule has 1 saturated carbocycles. The van der Waals surface area contributed by atoms with E-state index in [9.17, 15) is 4.79 Å². The molecule has 2 fully saturated rings. The van der Waals surface area contributed by atoms with Gasteiger partial charge in [-0.25, -0.2) is 0 Å². The number of hydrogen-bond donors (Lipinski definition) is 0. The lowest BCUT2D eigenvalue weighted by Crippen LogP contribution is -2.54. The van der Waals surface area contributed by atoms with E-state index in [1.807, 2.05) is 0 Å². The van der Waals surface area contributed by atoms with Crippen molar-refractivity contribution in [2.45, 2.75) is 64.8 Å². The Balaban J connectivity index is 1.76. The number of hydrogen-bond acceptors (Lipinski definition) is 2. The second-order valence-electron chi connectivity index (χ2n) is 7.25. The molecular formula is C16H30N2O. The van der Waals surface area contributed by atoms with E-state index in [0.29, 0.717) is 11.8 Å². The molecule has 1 aliphatic heterocycles. The smallest absolute Gasteiger partial charge is 0.222 e. The second kappa shape index (κ2) is 6.25. The fourth-order valence-corrected chi connectivity index (χ4v) is 3.39. The van der Waals surface area contributed by atoms with E-state index in [1.54, 1.807) is 0 Å². The van der Waals surface area contributed by atoms with E-state index in [4.69, 9.17) is 0 Å². The van der Waals surface area contributed by atoms with E-state index in [-0.39, 0.29) is 5.54 Å². The molecule has 0 atom stereocenters. The van der Waals surface area contributed by atoms with Crippen molar-refractivity contribution in [3.63, 3.8) is 0 Å². The lowest BCUT2D eigenvalue weighted by Gasteiger charge is -2.42. The summed E-state index contributed by atoms with van der Waals surface area (Å²) in [5.74, 6) is 1.07. The molecule has 0 aromatic heterocycles. The molecule has 1 amide bonds. The van der Waals surface area contributed by atoms with Gasteiger partial charge in [0.25, 0.3) is 0 Å². The Morgan fingerprint density at radius 3 is 2.11 bits per heavy atom. The third-order valence-electron chi connectivity index (χ3n) is 4.77. The highest BCUT2D eigenvalue weighted by atomic mass is 16.2. The fourth-order valence-electron chi connectivity index (χ4n) is 3.39. The summed E-state index contributed by atoms with van der Waals surface area (Å²) in [6.45, 7) is 10.7. The Morgan fingerprint density at radius 1 is 1.00 bits per heavy atom.